The number of ether oxygens (including phenoxy) is 2. The van der Waals surface area contributed by atoms with Crippen molar-refractivity contribution in [1.82, 2.24) is 0 Å². The number of nitrogens with zero attached hydrogens (tertiary/aromatic N) is 2. The summed E-state index contributed by atoms with van der Waals surface area (Å²) < 4.78 is 13.0. The number of carboxylic acids is 2. The number of hydrogen-bond acceptors (Lipinski definition) is 6. The summed E-state index contributed by atoms with van der Waals surface area (Å²) in [6.07, 6.45) is 3.93. The summed E-state index contributed by atoms with van der Waals surface area (Å²) in [5.74, 6) is 1.19. The number of aromatic carboxylic acids is 2. The van der Waals surface area contributed by atoms with Crippen LogP contribution in [0.3, 0.4) is 0 Å². The Bertz CT molecular complexity index is 2860. The van der Waals surface area contributed by atoms with Crippen molar-refractivity contribution in [3.8, 4) is 23.0 Å². The minimum atomic E-state index is -0.934. The van der Waals surface area contributed by atoms with E-state index in [1.165, 1.54) is 21.6 Å². The first kappa shape index (κ1) is 59.4. The van der Waals surface area contributed by atoms with Crippen molar-refractivity contribution in [2.24, 2.45) is 0 Å². The van der Waals surface area contributed by atoms with E-state index in [1.54, 1.807) is 24.3 Å². The monoisotopic (exact) mass is 1010 g/mol. The fourth-order valence-electron chi connectivity index (χ4n) is 9.44. The first-order chi connectivity index (χ1) is 32.0. The molecule has 0 saturated heterocycles. The summed E-state index contributed by atoms with van der Waals surface area (Å²) >= 11 is 0. The molecule has 0 aliphatic carbocycles. The van der Waals surface area contributed by atoms with E-state index in [1.807, 2.05) is 24.3 Å². The third-order valence-electron chi connectivity index (χ3n) is 13.0. The molecule has 12 heteroatoms. The molecule has 0 radical (unpaired) electrons. The Balaban J connectivity index is 0.000000350. The summed E-state index contributed by atoms with van der Waals surface area (Å²) in [6, 6.07) is 39.5. The number of carbonyl (C=O) groups is 2. The van der Waals surface area contributed by atoms with Crippen molar-refractivity contribution < 1.29 is 111 Å². The number of halogens is 2. The van der Waals surface area contributed by atoms with Gasteiger partial charge in [0.2, 0.25) is 0 Å². The van der Waals surface area contributed by atoms with Gasteiger partial charge in [-0.2, -0.15) is 0 Å². The van der Waals surface area contributed by atoms with E-state index in [2.05, 4.69) is 138 Å². The zero-order chi connectivity index (χ0) is 47.1. The Kier molecular flexibility index (Phi) is 23.0. The van der Waals surface area contributed by atoms with Gasteiger partial charge in [-0.15, -0.1) is 0 Å². The van der Waals surface area contributed by atoms with Gasteiger partial charge in [0, 0.05) is 82.4 Å². The maximum atomic E-state index is 12.1. The molecule has 6 aromatic rings. The molecule has 364 valence electrons. The first-order valence-corrected chi connectivity index (χ1v) is 23.6. The van der Waals surface area contributed by atoms with Crippen molar-refractivity contribution in [3.05, 3.63) is 176 Å². The largest absolute Gasteiger partial charge is 1.00 e. The van der Waals surface area contributed by atoms with Crippen molar-refractivity contribution in [1.29, 1.82) is 0 Å². The molecular weight excluding hydrogens is 947 g/mol. The molecule has 2 aliphatic rings. The van der Waals surface area contributed by atoms with Crippen molar-refractivity contribution in [3.63, 3.8) is 0 Å². The van der Waals surface area contributed by atoms with E-state index in [4.69, 9.17) is 9.47 Å². The molecule has 2 aliphatic heterocycles. The van der Waals surface area contributed by atoms with Crippen LogP contribution in [-0.4, -0.2) is 53.8 Å². The summed E-state index contributed by atoms with van der Waals surface area (Å²) in [6.45, 7) is 20.8. The van der Waals surface area contributed by atoms with Crippen molar-refractivity contribution >= 4 is 45.6 Å². The minimum Gasteiger partial charge on any atom is -1.00 e. The molecule has 8 rings (SSSR count). The molecule has 2 heterocycles. The van der Waals surface area contributed by atoms with Crippen LogP contribution in [0, 0.1) is 0 Å². The van der Waals surface area contributed by atoms with Gasteiger partial charge in [0.15, 0.2) is 0 Å². The molecule has 0 saturated carbocycles. The number of benzene rings is 6. The van der Waals surface area contributed by atoms with Crippen LogP contribution in [0.5, 0.6) is 23.0 Å². The topological polar surface area (TPSA) is 131 Å². The molecule has 0 fully saturated rings. The van der Waals surface area contributed by atoms with Gasteiger partial charge in [0.1, 0.15) is 23.0 Å². The Hall–Kier alpha value is -4.88. The van der Waals surface area contributed by atoms with Gasteiger partial charge in [-0.3, -0.25) is 0 Å². The third kappa shape index (κ3) is 12.2. The Morgan fingerprint density at radius 1 is 0.443 bits per heavy atom. The molecule has 0 bridgehead atoms. The normalized spacial score (nSPS) is 11.3. The summed E-state index contributed by atoms with van der Waals surface area (Å²) in [5.41, 5.74) is 10.5. The van der Waals surface area contributed by atoms with E-state index in [0.29, 0.717) is 11.1 Å². The van der Waals surface area contributed by atoms with Gasteiger partial charge >= 0.3 is 63.3 Å². The molecule has 0 amide bonds. The van der Waals surface area contributed by atoms with Crippen LogP contribution < -0.4 is 116 Å². The molecule has 6 aromatic carbocycles. The first-order valence-electron chi connectivity index (χ1n) is 23.6. The van der Waals surface area contributed by atoms with Crippen LogP contribution in [0.2, 0.25) is 0 Å². The molecule has 70 heavy (non-hydrogen) atoms. The molecule has 0 unspecified atom stereocenters. The maximum absolute atomic E-state index is 12.1. The van der Waals surface area contributed by atoms with E-state index in [9.17, 15) is 19.8 Å². The summed E-state index contributed by atoms with van der Waals surface area (Å²) in [5, 5.41) is 24.0. The number of anilines is 2. The Morgan fingerprint density at radius 3 is 1.10 bits per heavy atom. The fraction of sp³-hybridized carbons (Fsp3) is 0.276. The smallest absolute Gasteiger partial charge is 1.00 e. The van der Waals surface area contributed by atoms with E-state index < -0.39 is 11.9 Å². The number of rotatable bonds is 14. The molecule has 0 spiro atoms. The number of fused-ring (bicyclic) bond motifs is 4. The van der Waals surface area contributed by atoms with Crippen molar-refractivity contribution in [2.75, 3.05) is 36.0 Å². The van der Waals surface area contributed by atoms with Gasteiger partial charge < -0.3 is 59.8 Å². The van der Waals surface area contributed by atoms with E-state index >= 15 is 0 Å². The zero-order valence-corrected chi connectivity index (χ0v) is 46.5. The van der Waals surface area contributed by atoms with E-state index in [0.717, 1.165) is 119 Å². The van der Waals surface area contributed by atoms with Crippen LogP contribution in [0.15, 0.2) is 121 Å². The van der Waals surface area contributed by atoms with Gasteiger partial charge in [-0.1, -0.05) is 87.4 Å². The van der Waals surface area contributed by atoms with Crippen LogP contribution in [0.25, 0.3) is 22.3 Å². The molecule has 4 N–H and O–H groups in total. The SMILES string of the molecule is CCC(CC)=c1ccc2c(c1)Oc1cc(N(CC)CC)ccc1C=2c1ccccc1C(=O)O.CCC(CC)=c1ccc2c(c1)Oc1cc(N(CC)CC)ccc1C=2c1ccccc1C(=O)O.O.[Cl-].[Cl-].[K+]. The molecular formula is C58H64Cl2KN2O7-. The predicted octanol–water partition coefficient (Wildman–Crippen LogP) is 1.30. The maximum Gasteiger partial charge on any atom is 1.00 e. The number of hydrogen-bond donors (Lipinski definition) is 2. The number of carboxylic acid groups (broad SMARTS) is 2. The third-order valence-corrected chi connectivity index (χ3v) is 13.0. The summed E-state index contributed by atoms with van der Waals surface area (Å²) in [7, 11) is 0. The molecule has 0 atom stereocenters. The second-order valence-electron chi connectivity index (χ2n) is 16.4. The van der Waals surface area contributed by atoms with Crippen LogP contribution in [0.4, 0.5) is 11.4 Å². The fourth-order valence-corrected chi connectivity index (χ4v) is 9.44. The van der Waals surface area contributed by atoms with Gasteiger partial charge in [0.25, 0.3) is 0 Å². The van der Waals surface area contributed by atoms with Gasteiger partial charge in [0.05, 0.1) is 11.1 Å². The second-order valence-corrected chi connectivity index (χ2v) is 16.4. The summed E-state index contributed by atoms with van der Waals surface area (Å²) in [4.78, 5) is 28.7. The average Bonchev–Trinajstić information content (AvgIpc) is 3.34. The van der Waals surface area contributed by atoms with Crippen LogP contribution in [0.1, 0.15) is 124 Å². The van der Waals surface area contributed by atoms with Crippen LogP contribution in [-0.2, 0) is 0 Å². The van der Waals surface area contributed by atoms with E-state index in [-0.39, 0.29) is 92.8 Å². The Morgan fingerprint density at radius 2 is 0.786 bits per heavy atom. The molecule has 0 aromatic heterocycles. The Labute approximate surface area is 467 Å². The van der Waals surface area contributed by atoms with Gasteiger partial charge in [-0.05, 0) is 136 Å². The van der Waals surface area contributed by atoms with Crippen LogP contribution >= 0.6 is 0 Å². The molecule has 9 nitrogen and oxygen atoms in total. The van der Waals surface area contributed by atoms with Crippen molar-refractivity contribution in [2.45, 2.75) is 81.1 Å². The standard InChI is InChI=1S/2C29H31NO3.2ClH.K.H2O/c2*1-5-19(6-2)20-13-15-24-26(17-20)33-27-18-21(30(7-3)8-4)14-16-25(27)28(24)22-11-9-10-12-23(22)29(31)32;;;;/h2*9-18H,5-8H2,1-4H3,(H,31,32);2*1H;;1H2/q;;;;+1;/p-2. The second kappa shape index (κ2) is 27.1. The average molecular weight is 1010 g/mol. The quantitative estimate of drug-likeness (QED) is 0.156. The predicted molar refractivity (Wildman–Crippen MR) is 273 cm³/mol. The van der Waals surface area contributed by atoms with Gasteiger partial charge in [-0.25, -0.2) is 9.59 Å². The zero-order valence-electron chi connectivity index (χ0n) is 41.9. The minimum absolute atomic E-state index is 0.